The van der Waals surface area contributed by atoms with Crippen LogP contribution in [0.5, 0.6) is 0 Å². The molecule has 1 heterocycles. The monoisotopic (exact) mass is 270 g/mol. The Morgan fingerprint density at radius 2 is 2.39 bits per heavy atom. The Morgan fingerprint density at radius 3 is 3.00 bits per heavy atom. The summed E-state index contributed by atoms with van der Waals surface area (Å²) in [5, 5.41) is 7.16. The normalized spacial score (nSPS) is 12.4. The molecule has 0 radical (unpaired) electrons. The largest absolute Gasteiger partial charge is 0.320 e. The van der Waals surface area contributed by atoms with Gasteiger partial charge in [-0.1, -0.05) is 13.3 Å². The fraction of sp³-hybridized carbons (Fsp3) is 0.667. The van der Waals surface area contributed by atoms with Gasteiger partial charge in [0.1, 0.15) is 5.82 Å². The van der Waals surface area contributed by atoms with Gasteiger partial charge in [0.15, 0.2) is 0 Å². The molecule has 1 aromatic rings. The van der Waals surface area contributed by atoms with Gasteiger partial charge in [-0.05, 0) is 24.9 Å². The van der Waals surface area contributed by atoms with Crippen LogP contribution in [-0.4, -0.2) is 33.7 Å². The van der Waals surface area contributed by atoms with E-state index in [1.54, 1.807) is 16.4 Å². The molecule has 1 amide bonds. The molecule has 1 aromatic heterocycles. The second kappa shape index (κ2) is 7.43. The van der Waals surface area contributed by atoms with Gasteiger partial charge < -0.3 is 11.1 Å². The van der Waals surface area contributed by atoms with Crippen LogP contribution in [0, 0.1) is 0 Å². The number of aryl methyl sites for hydroxylation is 2. The number of thioether (sulfide) groups is 1. The molecule has 1 rings (SSSR count). The lowest BCUT2D eigenvalue weighted by molar-refractivity contribution is -0.117. The SMILES string of the molecule is CCCc1cc(NC(=O)C(N)CCSC)n(C)n1. The summed E-state index contributed by atoms with van der Waals surface area (Å²) in [6, 6.07) is 1.45. The van der Waals surface area contributed by atoms with Crippen molar-refractivity contribution in [2.24, 2.45) is 12.8 Å². The molecule has 0 saturated heterocycles. The Labute approximate surface area is 112 Å². The predicted molar refractivity (Wildman–Crippen MR) is 76.8 cm³/mol. The number of anilines is 1. The molecule has 102 valence electrons. The van der Waals surface area contributed by atoms with Gasteiger partial charge in [-0.2, -0.15) is 16.9 Å². The summed E-state index contributed by atoms with van der Waals surface area (Å²) in [6.45, 7) is 2.10. The highest BCUT2D eigenvalue weighted by Crippen LogP contribution is 2.11. The topological polar surface area (TPSA) is 72.9 Å². The summed E-state index contributed by atoms with van der Waals surface area (Å²) in [6.07, 6.45) is 4.65. The number of rotatable bonds is 7. The van der Waals surface area contributed by atoms with Crippen molar-refractivity contribution in [3.05, 3.63) is 11.8 Å². The van der Waals surface area contributed by atoms with Crippen LogP contribution in [0.15, 0.2) is 6.07 Å². The first-order valence-corrected chi connectivity index (χ1v) is 7.56. The van der Waals surface area contributed by atoms with Crippen LogP contribution >= 0.6 is 11.8 Å². The lowest BCUT2D eigenvalue weighted by Crippen LogP contribution is -2.36. The van der Waals surface area contributed by atoms with Gasteiger partial charge in [0.25, 0.3) is 0 Å². The Morgan fingerprint density at radius 1 is 1.67 bits per heavy atom. The van der Waals surface area contributed by atoms with Gasteiger partial charge in [0.05, 0.1) is 11.7 Å². The summed E-state index contributed by atoms with van der Waals surface area (Å²) < 4.78 is 1.68. The van der Waals surface area contributed by atoms with Crippen molar-refractivity contribution in [2.45, 2.75) is 32.2 Å². The predicted octanol–water partition coefficient (Wildman–Crippen LogP) is 1.39. The van der Waals surface area contributed by atoms with E-state index in [1.165, 1.54) is 0 Å². The minimum absolute atomic E-state index is 0.143. The zero-order valence-electron chi connectivity index (χ0n) is 11.3. The average molecular weight is 270 g/mol. The molecule has 0 fully saturated rings. The number of carbonyl (C=O) groups is 1. The third-order valence-electron chi connectivity index (χ3n) is 2.66. The lowest BCUT2D eigenvalue weighted by atomic mass is 10.2. The fourth-order valence-electron chi connectivity index (χ4n) is 1.62. The summed E-state index contributed by atoms with van der Waals surface area (Å²) >= 11 is 1.69. The molecule has 1 atom stereocenters. The van der Waals surface area contributed by atoms with E-state index in [-0.39, 0.29) is 5.91 Å². The molecule has 5 nitrogen and oxygen atoms in total. The highest BCUT2D eigenvalue weighted by atomic mass is 32.2. The standard InChI is InChI=1S/C12H22N4OS/c1-4-5-9-8-11(16(2)15-9)14-12(17)10(13)6-7-18-3/h8,10H,4-7,13H2,1-3H3,(H,14,17). The third-order valence-corrected chi connectivity index (χ3v) is 3.30. The van der Waals surface area contributed by atoms with Crippen LogP contribution in [0.25, 0.3) is 0 Å². The van der Waals surface area contributed by atoms with Crippen LogP contribution in [0.1, 0.15) is 25.5 Å². The Hall–Kier alpha value is -1.01. The number of aromatic nitrogens is 2. The van der Waals surface area contributed by atoms with Crippen molar-refractivity contribution < 1.29 is 4.79 Å². The third kappa shape index (κ3) is 4.34. The second-order valence-corrected chi connectivity index (χ2v) is 5.26. The molecule has 1 unspecified atom stereocenters. The van der Waals surface area contributed by atoms with E-state index in [9.17, 15) is 4.79 Å². The molecule has 6 heteroatoms. The maximum atomic E-state index is 11.9. The highest BCUT2D eigenvalue weighted by molar-refractivity contribution is 7.98. The van der Waals surface area contributed by atoms with Crippen LogP contribution < -0.4 is 11.1 Å². The maximum Gasteiger partial charge on any atom is 0.242 e. The smallest absolute Gasteiger partial charge is 0.242 e. The van der Waals surface area contributed by atoms with E-state index in [0.29, 0.717) is 12.2 Å². The van der Waals surface area contributed by atoms with Crippen molar-refractivity contribution in [1.29, 1.82) is 0 Å². The van der Waals surface area contributed by atoms with Crippen LogP contribution in [0.4, 0.5) is 5.82 Å². The second-order valence-electron chi connectivity index (χ2n) is 4.27. The first-order chi connectivity index (χ1) is 8.58. The Bertz CT molecular complexity index is 391. The van der Waals surface area contributed by atoms with Crippen molar-refractivity contribution in [2.75, 3.05) is 17.3 Å². The van der Waals surface area contributed by atoms with E-state index in [1.807, 2.05) is 19.4 Å². The molecule has 0 saturated carbocycles. The van der Waals surface area contributed by atoms with E-state index in [0.717, 1.165) is 24.3 Å². The van der Waals surface area contributed by atoms with E-state index in [4.69, 9.17) is 5.73 Å². The van der Waals surface area contributed by atoms with Gasteiger partial charge in [-0.15, -0.1) is 0 Å². The zero-order chi connectivity index (χ0) is 13.5. The van der Waals surface area contributed by atoms with Gasteiger partial charge in [0.2, 0.25) is 5.91 Å². The van der Waals surface area contributed by atoms with Gasteiger partial charge in [-0.25, -0.2) is 0 Å². The van der Waals surface area contributed by atoms with Crippen LogP contribution in [0.3, 0.4) is 0 Å². The maximum absolute atomic E-state index is 11.9. The molecule has 3 N–H and O–H groups in total. The van der Waals surface area contributed by atoms with E-state index >= 15 is 0 Å². The highest BCUT2D eigenvalue weighted by Gasteiger charge is 2.15. The van der Waals surface area contributed by atoms with Crippen molar-refractivity contribution in [3.8, 4) is 0 Å². The summed E-state index contributed by atoms with van der Waals surface area (Å²) in [5.41, 5.74) is 6.81. The molecule has 0 aliphatic rings. The Kier molecular flexibility index (Phi) is 6.21. The minimum Gasteiger partial charge on any atom is -0.320 e. The fourth-order valence-corrected chi connectivity index (χ4v) is 2.11. The average Bonchev–Trinajstić information content (AvgIpc) is 2.67. The molecule has 0 aliphatic carbocycles. The van der Waals surface area contributed by atoms with Crippen molar-refractivity contribution in [3.63, 3.8) is 0 Å². The summed E-state index contributed by atoms with van der Waals surface area (Å²) in [7, 11) is 1.82. The number of carbonyl (C=O) groups excluding carboxylic acids is 1. The molecular weight excluding hydrogens is 248 g/mol. The lowest BCUT2D eigenvalue weighted by Gasteiger charge is -2.11. The molecule has 0 bridgehead atoms. The van der Waals surface area contributed by atoms with Crippen molar-refractivity contribution >= 4 is 23.5 Å². The summed E-state index contributed by atoms with van der Waals surface area (Å²) in [5.74, 6) is 1.46. The number of hydrogen-bond acceptors (Lipinski definition) is 4. The number of hydrogen-bond donors (Lipinski definition) is 2. The molecular formula is C12H22N4OS. The van der Waals surface area contributed by atoms with Crippen LogP contribution in [-0.2, 0) is 18.3 Å². The van der Waals surface area contributed by atoms with E-state index in [2.05, 4.69) is 17.3 Å². The first-order valence-electron chi connectivity index (χ1n) is 6.16. The molecule has 0 spiro atoms. The summed E-state index contributed by atoms with van der Waals surface area (Å²) in [4.78, 5) is 11.9. The number of nitrogens with two attached hydrogens (primary N) is 1. The van der Waals surface area contributed by atoms with Crippen LogP contribution in [0.2, 0.25) is 0 Å². The van der Waals surface area contributed by atoms with Gasteiger partial charge >= 0.3 is 0 Å². The first kappa shape index (κ1) is 15.0. The number of amides is 1. The quantitative estimate of drug-likeness (QED) is 0.785. The van der Waals surface area contributed by atoms with E-state index < -0.39 is 6.04 Å². The number of nitrogens with zero attached hydrogens (tertiary/aromatic N) is 2. The molecule has 18 heavy (non-hydrogen) atoms. The van der Waals surface area contributed by atoms with Gasteiger partial charge in [-0.3, -0.25) is 9.48 Å². The Balaban J connectivity index is 2.58. The number of nitrogens with one attached hydrogen (secondary N) is 1. The van der Waals surface area contributed by atoms with Crippen molar-refractivity contribution in [1.82, 2.24) is 9.78 Å². The molecule has 0 aliphatic heterocycles. The minimum atomic E-state index is -0.457. The molecule has 0 aromatic carbocycles. The van der Waals surface area contributed by atoms with Gasteiger partial charge in [0, 0.05) is 13.1 Å². The zero-order valence-corrected chi connectivity index (χ0v) is 12.1.